The molecule has 0 aromatic heterocycles. The van der Waals surface area contributed by atoms with Gasteiger partial charge in [0.05, 0.1) is 5.75 Å². The maximum Gasteiger partial charge on any atom is 0.272 e. The Bertz CT molecular complexity index is 1600. The lowest BCUT2D eigenvalue weighted by Gasteiger charge is -2.13. The predicted octanol–water partition coefficient (Wildman–Crippen LogP) is 7.91. The van der Waals surface area contributed by atoms with Crippen LogP contribution in [0.2, 0.25) is 5.02 Å². The van der Waals surface area contributed by atoms with Gasteiger partial charge in [-0.25, -0.2) is 0 Å². The third-order valence-electron chi connectivity index (χ3n) is 6.45. The number of rotatable bonds is 10. The van der Waals surface area contributed by atoms with E-state index in [1.54, 1.807) is 66.7 Å². The van der Waals surface area contributed by atoms with Gasteiger partial charge in [-0.3, -0.25) is 14.4 Å². The molecule has 4 rings (SSSR count). The first-order valence-corrected chi connectivity index (χ1v) is 14.8. The van der Waals surface area contributed by atoms with E-state index in [4.69, 9.17) is 11.6 Å². The monoisotopic (exact) mass is 597 g/mol. The maximum atomic E-state index is 13.4. The molecule has 0 atom stereocenters. The van der Waals surface area contributed by atoms with Crippen LogP contribution < -0.4 is 16.0 Å². The molecule has 4 aromatic carbocycles. The molecule has 42 heavy (non-hydrogen) atoms. The molecule has 4 aromatic rings. The van der Waals surface area contributed by atoms with Crippen LogP contribution in [0.25, 0.3) is 6.08 Å². The largest absolute Gasteiger partial charge is 0.325 e. The molecule has 3 N–H and O–H groups in total. The quantitative estimate of drug-likeness (QED) is 0.128. The molecule has 0 fully saturated rings. The number of benzene rings is 4. The number of carbonyl (C=O) groups is 3. The Hall–Kier alpha value is -4.33. The van der Waals surface area contributed by atoms with Crippen LogP contribution in [0.5, 0.6) is 0 Å². The zero-order chi connectivity index (χ0) is 30.1. The highest BCUT2D eigenvalue weighted by molar-refractivity contribution is 8.00. The summed E-state index contributed by atoms with van der Waals surface area (Å²) in [6, 6.07) is 29.2. The summed E-state index contributed by atoms with van der Waals surface area (Å²) in [6.07, 6.45) is 1.65. The predicted molar refractivity (Wildman–Crippen MR) is 173 cm³/mol. The van der Waals surface area contributed by atoms with E-state index >= 15 is 0 Å². The second kappa shape index (κ2) is 14.5. The first kappa shape index (κ1) is 30.6. The third kappa shape index (κ3) is 8.59. The summed E-state index contributed by atoms with van der Waals surface area (Å²) in [5.41, 5.74) is 4.52. The van der Waals surface area contributed by atoms with Crippen molar-refractivity contribution in [3.8, 4) is 0 Å². The third-order valence-corrected chi connectivity index (χ3v) is 7.85. The summed E-state index contributed by atoms with van der Waals surface area (Å²) in [5.74, 6) is -0.476. The van der Waals surface area contributed by atoms with E-state index in [2.05, 4.69) is 29.8 Å². The lowest BCUT2D eigenvalue weighted by Crippen LogP contribution is -2.30. The molecule has 0 heterocycles. The molecule has 0 saturated carbocycles. The number of thioether (sulfide) groups is 1. The lowest BCUT2D eigenvalue weighted by atomic mass is 10.0. The summed E-state index contributed by atoms with van der Waals surface area (Å²) >= 11 is 7.50. The normalized spacial score (nSPS) is 11.2. The minimum absolute atomic E-state index is 0.107. The Morgan fingerprint density at radius 2 is 1.57 bits per heavy atom. The minimum atomic E-state index is -0.469. The van der Waals surface area contributed by atoms with E-state index in [0.29, 0.717) is 27.9 Å². The summed E-state index contributed by atoms with van der Waals surface area (Å²) in [4.78, 5) is 39.7. The zero-order valence-corrected chi connectivity index (χ0v) is 25.2. The number of nitrogens with one attached hydrogen (secondary N) is 3. The topological polar surface area (TPSA) is 87.3 Å². The lowest BCUT2D eigenvalue weighted by molar-refractivity contribution is -0.114. The fraction of sp³-hybridized carbons (Fsp3) is 0.147. The highest BCUT2D eigenvalue weighted by Gasteiger charge is 2.16. The van der Waals surface area contributed by atoms with Gasteiger partial charge in [-0.15, -0.1) is 11.8 Å². The average molecular weight is 598 g/mol. The van der Waals surface area contributed by atoms with Crippen molar-refractivity contribution in [1.29, 1.82) is 0 Å². The van der Waals surface area contributed by atoms with Gasteiger partial charge >= 0.3 is 0 Å². The number of hydrogen-bond donors (Lipinski definition) is 3. The van der Waals surface area contributed by atoms with E-state index in [1.165, 1.54) is 17.3 Å². The molecule has 0 radical (unpaired) electrons. The molecule has 0 aliphatic carbocycles. The molecule has 8 heteroatoms. The summed E-state index contributed by atoms with van der Waals surface area (Å²) in [5, 5.41) is 9.12. The van der Waals surface area contributed by atoms with Gasteiger partial charge in [0.15, 0.2) is 0 Å². The van der Waals surface area contributed by atoms with Gasteiger partial charge in [-0.1, -0.05) is 80.0 Å². The van der Waals surface area contributed by atoms with Crippen molar-refractivity contribution in [2.24, 2.45) is 0 Å². The summed E-state index contributed by atoms with van der Waals surface area (Å²) in [7, 11) is 0. The van der Waals surface area contributed by atoms with E-state index in [9.17, 15) is 14.4 Å². The fourth-order valence-electron chi connectivity index (χ4n) is 4.03. The summed E-state index contributed by atoms with van der Waals surface area (Å²) in [6.45, 7) is 6.08. The number of amides is 3. The molecule has 0 aliphatic rings. The van der Waals surface area contributed by atoms with Gasteiger partial charge in [0.2, 0.25) is 5.91 Å². The highest BCUT2D eigenvalue weighted by atomic mass is 35.5. The SMILES string of the molecule is Cc1c(Cl)cccc1NC(=O)CSc1cccc(NC(=O)/C(=C\c2ccc(C(C)C)cc2)NC(=O)c2ccccc2)c1. The Kier molecular flexibility index (Phi) is 10.6. The average Bonchev–Trinajstić information content (AvgIpc) is 2.99. The number of carbonyl (C=O) groups excluding carboxylic acids is 3. The number of hydrogen-bond acceptors (Lipinski definition) is 4. The van der Waals surface area contributed by atoms with Crippen LogP contribution >= 0.6 is 23.4 Å². The van der Waals surface area contributed by atoms with Crippen LogP contribution in [0.4, 0.5) is 11.4 Å². The van der Waals surface area contributed by atoms with E-state index in [1.807, 2.05) is 43.3 Å². The molecule has 6 nitrogen and oxygen atoms in total. The van der Waals surface area contributed by atoms with Crippen molar-refractivity contribution in [2.75, 3.05) is 16.4 Å². The first-order valence-electron chi connectivity index (χ1n) is 13.5. The molecular weight excluding hydrogens is 566 g/mol. The standard InChI is InChI=1S/C34H32ClN3O3S/c1-22(2)25-17-15-24(16-18-25)19-31(38-33(40)26-9-5-4-6-10-26)34(41)36-27-11-7-12-28(20-27)42-21-32(39)37-30-14-8-13-29(35)23(30)3/h4-20,22H,21H2,1-3H3,(H,36,41)(H,37,39)(H,38,40)/b31-19+. The Balaban J connectivity index is 1.47. The van der Waals surface area contributed by atoms with Gasteiger partial charge in [0.1, 0.15) is 5.70 Å². The molecule has 3 amide bonds. The van der Waals surface area contributed by atoms with E-state index in [0.717, 1.165) is 16.0 Å². The van der Waals surface area contributed by atoms with Gasteiger partial charge in [-0.05, 0) is 78.1 Å². The number of anilines is 2. The molecule has 0 saturated heterocycles. The van der Waals surface area contributed by atoms with Crippen LogP contribution in [0.1, 0.15) is 46.8 Å². The molecule has 0 aliphatic heterocycles. The Labute approximate surface area is 255 Å². The fourth-order valence-corrected chi connectivity index (χ4v) is 4.96. The zero-order valence-electron chi connectivity index (χ0n) is 23.6. The van der Waals surface area contributed by atoms with Crippen molar-refractivity contribution in [2.45, 2.75) is 31.6 Å². The second-order valence-electron chi connectivity index (χ2n) is 9.93. The summed E-state index contributed by atoms with van der Waals surface area (Å²) < 4.78 is 0. The van der Waals surface area contributed by atoms with Crippen LogP contribution in [0, 0.1) is 6.92 Å². The van der Waals surface area contributed by atoms with Crippen LogP contribution in [-0.2, 0) is 9.59 Å². The minimum Gasteiger partial charge on any atom is -0.325 e. The second-order valence-corrected chi connectivity index (χ2v) is 11.4. The first-order chi connectivity index (χ1) is 20.2. The number of halogens is 1. The molecule has 0 bridgehead atoms. The van der Waals surface area contributed by atoms with Crippen molar-refractivity contribution in [1.82, 2.24) is 5.32 Å². The van der Waals surface area contributed by atoms with Crippen molar-refractivity contribution >= 4 is 58.5 Å². The van der Waals surface area contributed by atoms with Crippen molar-refractivity contribution in [3.05, 3.63) is 130 Å². The van der Waals surface area contributed by atoms with Crippen molar-refractivity contribution < 1.29 is 14.4 Å². The van der Waals surface area contributed by atoms with Crippen molar-refractivity contribution in [3.63, 3.8) is 0 Å². The molecular formula is C34H32ClN3O3S. The van der Waals surface area contributed by atoms with Crippen LogP contribution in [-0.4, -0.2) is 23.5 Å². The smallest absolute Gasteiger partial charge is 0.272 e. The van der Waals surface area contributed by atoms with Gasteiger partial charge in [-0.2, -0.15) is 0 Å². The van der Waals surface area contributed by atoms with Crippen LogP contribution in [0.3, 0.4) is 0 Å². The van der Waals surface area contributed by atoms with E-state index < -0.39 is 5.91 Å². The Morgan fingerprint density at radius 1 is 0.857 bits per heavy atom. The van der Waals surface area contributed by atoms with Crippen LogP contribution in [0.15, 0.2) is 108 Å². The highest BCUT2D eigenvalue weighted by Crippen LogP contribution is 2.25. The molecule has 214 valence electrons. The molecule has 0 spiro atoms. The molecule has 0 unspecified atom stereocenters. The van der Waals surface area contributed by atoms with Gasteiger partial charge < -0.3 is 16.0 Å². The maximum absolute atomic E-state index is 13.4. The van der Waals surface area contributed by atoms with Gasteiger partial charge in [0.25, 0.3) is 11.8 Å². The Morgan fingerprint density at radius 3 is 2.29 bits per heavy atom. The van der Waals surface area contributed by atoms with Gasteiger partial charge in [0, 0.05) is 26.9 Å². The van der Waals surface area contributed by atoms with E-state index in [-0.39, 0.29) is 23.3 Å².